The molecule has 6 nitrogen and oxygen atoms in total. The van der Waals surface area contributed by atoms with E-state index in [0.29, 0.717) is 17.6 Å². The smallest absolute Gasteiger partial charge is 0.283 e. The minimum absolute atomic E-state index is 0.00240. The van der Waals surface area contributed by atoms with Crippen LogP contribution in [0.4, 0.5) is 5.69 Å². The molecule has 0 unspecified atom stereocenters. The Bertz CT molecular complexity index is 545. The second kappa shape index (κ2) is 6.26. The van der Waals surface area contributed by atoms with Gasteiger partial charge in [-0.15, -0.1) is 0 Å². The molecule has 0 aliphatic rings. The van der Waals surface area contributed by atoms with E-state index in [1.165, 1.54) is 6.07 Å². The molecule has 0 saturated carbocycles. The largest absolute Gasteiger partial charge is 0.312 e. The van der Waals surface area contributed by atoms with Gasteiger partial charge in [0.1, 0.15) is 9.84 Å². The second-order valence-electron chi connectivity index (χ2n) is 3.81. The zero-order valence-electron chi connectivity index (χ0n) is 9.72. The van der Waals surface area contributed by atoms with Crippen LogP contribution in [0.25, 0.3) is 0 Å². The lowest BCUT2D eigenvalue weighted by molar-refractivity contribution is -0.385. The lowest BCUT2D eigenvalue weighted by atomic mass is 10.2. The Balaban J connectivity index is 2.63. The van der Waals surface area contributed by atoms with Gasteiger partial charge in [0.2, 0.25) is 0 Å². The summed E-state index contributed by atoms with van der Waals surface area (Å²) in [5, 5.41) is 13.6. The highest BCUT2D eigenvalue weighted by molar-refractivity contribution is 9.10. The van der Waals surface area contributed by atoms with Crippen molar-refractivity contribution in [3.63, 3.8) is 0 Å². The average Bonchev–Trinajstić information content (AvgIpc) is 2.24. The Labute approximate surface area is 114 Å². The molecule has 0 fully saturated rings. The van der Waals surface area contributed by atoms with E-state index in [1.807, 2.05) is 0 Å². The maximum Gasteiger partial charge on any atom is 0.283 e. The van der Waals surface area contributed by atoms with Gasteiger partial charge in [0.25, 0.3) is 5.69 Å². The van der Waals surface area contributed by atoms with Crippen molar-refractivity contribution in [1.29, 1.82) is 0 Å². The SMILES string of the molecule is CS(=O)(=O)CCNCc1cccc([N+](=O)[O-])c1Br. The maximum atomic E-state index is 10.9. The zero-order valence-corrected chi connectivity index (χ0v) is 12.1. The summed E-state index contributed by atoms with van der Waals surface area (Å²) in [6.45, 7) is 0.686. The van der Waals surface area contributed by atoms with Gasteiger partial charge < -0.3 is 5.32 Å². The van der Waals surface area contributed by atoms with Crippen molar-refractivity contribution in [2.75, 3.05) is 18.6 Å². The fraction of sp³-hybridized carbons (Fsp3) is 0.400. The minimum atomic E-state index is -2.99. The third-order valence-corrected chi connectivity index (χ3v) is 4.08. The van der Waals surface area contributed by atoms with Crippen LogP contribution in [0.2, 0.25) is 0 Å². The van der Waals surface area contributed by atoms with Crippen LogP contribution < -0.4 is 5.32 Å². The molecule has 0 bridgehead atoms. The molecule has 0 aliphatic heterocycles. The number of nitro benzene ring substituents is 1. The number of nitrogens with one attached hydrogen (secondary N) is 1. The predicted octanol–water partition coefficient (Wildman–Crippen LogP) is 1.49. The van der Waals surface area contributed by atoms with E-state index in [0.717, 1.165) is 11.8 Å². The van der Waals surface area contributed by atoms with Crippen molar-refractivity contribution < 1.29 is 13.3 Å². The Hall–Kier alpha value is -0.990. The second-order valence-corrected chi connectivity index (χ2v) is 6.87. The maximum absolute atomic E-state index is 10.9. The number of halogens is 1. The number of hydrogen-bond donors (Lipinski definition) is 1. The molecule has 0 radical (unpaired) electrons. The highest BCUT2D eigenvalue weighted by Gasteiger charge is 2.14. The van der Waals surface area contributed by atoms with Crippen LogP contribution in [0.5, 0.6) is 0 Å². The molecule has 0 atom stereocenters. The topological polar surface area (TPSA) is 89.3 Å². The third-order valence-electron chi connectivity index (χ3n) is 2.22. The van der Waals surface area contributed by atoms with Gasteiger partial charge in [-0.2, -0.15) is 0 Å². The minimum Gasteiger partial charge on any atom is -0.312 e. The fourth-order valence-corrected chi connectivity index (χ4v) is 2.39. The molecule has 0 aliphatic carbocycles. The number of nitro groups is 1. The summed E-state index contributed by atoms with van der Waals surface area (Å²) >= 11 is 3.17. The summed E-state index contributed by atoms with van der Waals surface area (Å²) in [5.74, 6) is 0.0412. The number of nitrogens with zero attached hydrogens (tertiary/aromatic N) is 1. The molecule has 1 N–H and O–H groups in total. The molecule has 0 saturated heterocycles. The van der Waals surface area contributed by atoms with Gasteiger partial charge in [0.15, 0.2) is 0 Å². The van der Waals surface area contributed by atoms with E-state index in [-0.39, 0.29) is 11.4 Å². The van der Waals surface area contributed by atoms with E-state index in [4.69, 9.17) is 0 Å². The summed E-state index contributed by atoms with van der Waals surface area (Å²) < 4.78 is 22.2. The summed E-state index contributed by atoms with van der Waals surface area (Å²) in [6.07, 6.45) is 1.16. The van der Waals surface area contributed by atoms with Crippen LogP contribution in [-0.2, 0) is 16.4 Å². The predicted molar refractivity (Wildman–Crippen MR) is 72.2 cm³/mol. The van der Waals surface area contributed by atoms with Crippen molar-refractivity contribution in [2.24, 2.45) is 0 Å². The van der Waals surface area contributed by atoms with Gasteiger partial charge in [-0.1, -0.05) is 12.1 Å². The molecule has 100 valence electrons. The first-order chi connectivity index (χ1) is 8.31. The molecule has 0 spiro atoms. The lowest BCUT2D eigenvalue weighted by Gasteiger charge is -2.06. The highest BCUT2D eigenvalue weighted by atomic mass is 79.9. The van der Waals surface area contributed by atoms with E-state index in [2.05, 4.69) is 21.2 Å². The zero-order chi connectivity index (χ0) is 13.8. The number of rotatable bonds is 6. The third kappa shape index (κ3) is 4.71. The van der Waals surface area contributed by atoms with Crippen LogP contribution in [0, 0.1) is 10.1 Å². The van der Waals surface area contributed by atoms with E-state index in [9.17, 15) is 18.5 Å². The molecular weight excluding hydrogens is 324 g/mol. The van der Waals surface area contributed by atoms with Crippen molar-refractivity contribution in [3.8, 4) is 0 Å². The van der Waals surface area contributed by atoms with Crippen LogP contribution in [0.1, 0.15) is 5.56 Å². The first-order valence-corrected chi connectivity index (χ1v) is 7.97. The van der Waals surface area contributed by atoms with E-state index < -0.39 is 14.8 Å². The van der Waals surface area contributed by atoms with Crippen LogP contribution >= 0.6 is 15.9 Å². The van der Waals surface area contributed by atoms with Gasteiger partial charge >= 0.3 is 0 Å². The molecule has 0 amide bonds. The van der Waals surface area contributed by atoms with Crippen molar-refractivity contribution in [2.45, 2.75) is 6.54 Å². The summed E-state index contributed by atoms with van der Waals surface area (Å²) in [7, 11) is -2.99. The standard InChI is InChI=1S/C10H13BrN2O4S/c1-18(16,17)6-5-12-7-8-3-2-4-9(10(8)11)13(14)15/h2-4,12H,5-7H2,1H3. The lowest BCUT2D eigenvalue weighted by Crippen LogP contribution is -2.22. The average molecular weight is 337 g/mol. The Morgan fingerprint density at radius 2 is 2.11 bits per heavy atom. The Kier molecular flexibility index (Phi) is 5.24. The molecule has 0 aromatic heterocycles. The highest BCUT2D eigenvalue weighted by Crippen LogP contribution is 2.27. The molecule has 1 rings (SSSR count). The van der Waals surface area contributed by atoms with Crippen molar-refractivity contribution >= 4 is 31.5 Å². The molecule has 0 heterocycles. The molecule has 1 aromatic rings. The van der Waals surface area contributed by atoms with Crippen LogP contribution in [-0.4, -0.2) is 31.9 Å². The normalized spacial score (nSPS) is 11.4. The van der Waals surface area contributed by atoms with Gasteiger partial charge in [-0.3, -0.25) is 10.1 Å². The van der Waals surface area contributed by atoms with Gasteiger partial charge in [0.05, 0.1) is 15.1 Å². The number of hydrogen-bond acceptors (Lipinski definition) is 5. The summed E-state index contributed by atoms with van der Waals surface area (Å²) in [4.78, 5) is 10.2. The molecule has 8 heteroatoms. The molecule has 1 aromatic carbocycles. The van der Waals surface area contributed by atoms with Crippen molar-refractivity contribution in [3.05, 3.63) is 38.3 Å². The summed E-state index contributed by atoms with van der Waals surface area (Å²) in [6, 6.07) is 4.74. The van der Waals surface area contributed by atoms with Gasteiger partial charge in [-0.25, -0.2) is 8.42 Å². The van der Waals surface area contributed by atoms with E-state index in [1.54, 1.807) is 12.1 Å². The fourth-order valence-electron chi connectivity index (χ4n) is 1.32. The van der Waals surface area contributed by atoms with E-state index >= 15 is 0 Å². The first-order valence-electron chi connectivity index (χ1n) is 5.11. The Morgan fingerprint density at radius 3 is 2.67 bits per heavy atom. The van der Waals surface area contributed by atoms with Crippen LogP contribution in [0.15, 0.2) is 22.7 Å². The van der Waals surface area contributed by atoms with Crippen molar-refractivity contribution in [1.82, 2.24) is 5.32 Å². The van der Waals surface area contributed by atoms with Gasteiger partial charge in [0, 0.05) is 25.4 Å². The molecule has 18 heavy (non-hydrogen) atoms. The Morgan fingerprint density at radius 1 is 1.44 bits per heavy atom. The van der Waals surface area contributed by atoms with Crippen LogP contribution in [0.3, 0.4) is 0 Å². The first kappa shape index (κ1) is 15.1. The number of sulfone groups is 1. The molecular formula is C10H13BrN2O4S. The van der Waals surface area contributed by atoms with Gasteiger partial charge in [-0.05, 0) is 21.5 Å². The monoisotopic (exact) mass is 336 g/mol. The number of benzene rings is 1. The quantitative estimate of drug-likeness (QED) is 0.483. The summed E-state index contributed by atoms with van der Waals surface area (Å²) in [5.41, 5.74) is 0.718.